The summed E-state index contributed by atoms with van der Waals surface area (Å²) in [7, 11) is -2.78. The van der Waals surface area contributed by atoms with Crippen LogP contribution in [0.4, 0.5) is 0 Å². The van der Waals surface area contributed by atoms with E-state index in [0.717, 1.165) is 82.3 Å². The second-order valence-corrected chi connectivity index (χ2v) is 35.2. The molecule has 6 rings (SSSR count). The van der Waals surface area contributed by atoms with Gasteiger partial charge < -0.3 is 19.1 Å². The summed E-state index contributed by atoms with van der Waals surface area (Å²) in [6.45, 7) is 25.6. The zero-order valence-electron chi connectivity index (χ0n) is 46.6. The van der Waals surface area contributed by atoms with Gasteiger partial charge in [-0.25, -0.2) is 0 Å². The highest BCUT2D eigenvalue weighted by Gasteiger charge is 2.40. The summed E-state index contributed by atoms with van der Waals surface area (Å²) in [5.41, 5.74) is 7.53. The molecule has 6 aromatic carbocycles. The minimum Gasteiger partial charge on any atom is -0.544 e. The van der Waals surface area contributed by atoms with E-state index < -0.39 is 26.8 Å². The molecule has 0 unspecified atom stereocenters. The van der Waals surface area contributed by atoms with E-state index >= 15 is 0 Å². The molecule has 1 N–H and O–H groups in total. The van der Waals surface area contributed by atoms with Crippen LogP contribution >= 0.6 is 46.4 Å². The van der Waals surface area contributed by atoms with Crippen LogP contribution in [-0.4, -0.2) is 76.5 Å². The Bertz CT molecular complexity index is 2620. The van der Waals surface area contributed by atoms with Crippen molar-refractivity contribution in [1.29, 1.82) is 0 Å². The first-order valence-electron chi connectivity index (χ1n) is 25.8. The van der Waals surface area contributed by atoms with E-state index in [9.17, 15) is 8.42 Å². The van der Waals surface area contributed by atoms with E-state index in [2.05, 4.69) is 158 Å². The number of aryl methyl sites for hydroxylation is 2. The third-order valence-electron chi connectivity index (χ3n) is 14.1. The van der Waals surface area contributed by atoms with E-state index in [0.29, 0.717) is 12.3 Å². The van der Waals surface area contributed by atoms with E-state index in [1.807, 2.05) is 79.8 Å². The summed E-state index contributed by atoms with van der Waals surface area (Å²) in [4.78, 5) is 2.42. The van der Waals surface area contributed by atoms with Crippen molar-refractivity contribution < 1.29 is 21.5 Å². The van der Waals surface area contributed by atoms with Gasteiger partial charge in [0.05, 0.1) is 12.9 Å². The average molecular weight is 1170 g/mol. The Labute approximate surface area is 481 Å². The smallest absolute Gasteiger partial charge is 0.264 e. The molecule has 0 aliphatic carbocycles. The molecule has 0 radical (unpaired) electrons. The molecule has 0 saturated carbocycles. The van der Waals surface area contributed by atoms with Crippen molar-refractivity contribution in [2.45, 2.75) is 123 Å². The summed E-state index contributed by atoms with van der Waals surface area (Å²) in [6.07, 6.45) is 4.69. The molecule has 6 aromatic rings. The molecule has 0 aromatic heterocycles. The Hall–Kier alpha value is -3.66. The maximum absolute atomic E-state index is 10.9. The molecule has 7 nitrogen and oxygen atoms in total. The molecule has 0 aliphatic rings. The molecule has 0 saturated heterocycles. The Morgan fingerprint density at radius 3 is 1.14 bits per heavy atom. The third-order valence-corrected chi connectivity index (χ3v) is 24.4. The van der Waals surface area contributed by atoms with Crippen molar-refractivity contribution in [2.75, 3.05) is 46.6 Å². The van der Waals surface area contributed by atoms with Gasteiger partial charge in [-0.05, 0) is 189 Å². The van der Waals surface area contributed by atoms with Crippen LogP contribution in [0.5, 0.6) is 11.5 Å². The van der Waals surface area contributed by atoms with Crippen molar-refractivity contribution in [2.24, 2.45) is 0 Å². The molecule has 14 heteroatoms. The van der Waals surface area contributed by atoms with E-state index in [4.69, 9.17) is 59.4 Å². The maximum atomic E-state index is 10.9. The Balaban J connectivity index is 0.000000319. The quantitative estimate of drug-likeness (QED) is 0.0437. The minimum absolute atomic E-state index is 0. The number of halogens is 4. The van der Waals surface area contributed by atoms with Gasteiger partial charge in [-0.1, -0.05) is 168 Å². The molecule has 416 valence electrons. The highest BCUT2D eigenvalue weighted by molar-refractivity contribution is 7.85. The first-order valence-corrected chi connectivity index (χ1v) is 35.0. The molecule has 0 spiro atoms. The number of nitrogens with zero attached hydrogens (tertiary/aromatic N) is 1. The molecular weight excluding hydrogens is 1080 g/mol. The zero-order chi connectivity index (χ0) is 55.6. The first kappa shape index (κ1) is 66.6. The predicted molar refractivity (Wildman–Crippen MR) is 334 cm³/mol. The molecular formula is C62H86Cl4N2O5SSi2. The van der Waals surface area contributed by atoms with Gasteiger partial charge in [0.2, 0.25) is 16.6 Å². The second kappa shape index (κ2) is 30.6. The number of hydrogen-bond donors (Lipinski definition) is 1. The number of hydrogen-bond acceptors (Lipinski definition) is 7. The summed E-state index contributed by atoms with van der Waals surface area (Å²) >= 11 is 24.1. The Morgan fingerprint density at radius 2 is 0.842 bits per heavy atom. The molecule has 0 fully saturated rings. The standard InChI is InChI=1S/C30H39Cl2NOSi.C16H28O4SSi.C15H15Cl2N.CH4/c1-30(2,3)35(5,6)34-28-19-9-23(10-20-28)8-7-21-33(4)22-29(24-11-15-26(31)16-12-24)25-13-17-27(32)18-14-25;1-16(2,3)22(5,6)20-15-11-9-14(10-12-15)8-7-13-19-21(4,17)18;1-18-10-15(11-2-6-13(16)7-3-11)12-4-8-14(17)9-5-12;/h9-20,29H,7-8,21-22H2,1-6H3;9-12H,7-8,13H2,1-6H3;2-9,15,18H,10H2,1H3;1H4. The molecule has 0 aliphatic heterocycles. The van der Waals surface area contributed by atoms with Gasteiger partial charge in [-0.15, -0.1) is 0 Å². The fourth-order valence-corrected chi connectivity index (χ4v) is 10.6. The topological polar surface area (TPSA) is 77.1 Å². The van der Waals surface area contributed by atoms with Crippen molar-refractivity contribution in [3.05, 3.63) is 199 Å². The number of rotatable bonds is 21. The maximum Gasteiger partial charge on any atom is 0.264 e. The Morgan fingerprint density at radius 1 is 0.526 bits per heavy atom. The van der Waals surface area contributed by atoms with Crippen LogP contribution in [0, 0.1) is 0 Å². The molecule has 76 heavy (non-hydrogen) atoms. The summed E-state index contributed by atoms with van der Waals surface area (Å²) < 4.78 is 39.1. The monoisotopic (exact) mass is 1170 g/mol. The van der Waals surface area contributed by atoms with Crippen LogP contribution in [0.25, 0.3) is 0 Å². The highest BCUT2D eigenvalue weighted by atomic mass is 35.5. The zero-order valence-corrected chi connectivity index (χ0v) is 52.4. The van der Waals surface area contributed by atoms with Crippen LogP contribution < -0.4 is 14.2 Å². The van der Waals surface area contributed by atoms with Gasteiger partial charge in [-0.2, -0.15) is 8.42 Å². The van der Waals surface area contributed by atoms with Gasteiger partial charge in [0, 0.05) is 45.0 Å². The van der Waals surface area contributed by atoms with Crippen molar-refractivity contribution in [3.63, 3.8) is 0 Å². The average Bonchev–Trinajstić information content (AvgIpc) is 3.33. The summed E-state index contributed by atoms with van der Waals surface area (Å²) in [5.74, 6) is 2.47. The van der Waals surface area contributed by atoms with Gasteiger partial charge in [0.15, 0.2) is 0 Å². The lowest BCUT2D eigenvalue weighted by Crippen LogP contribution is -2.43. The lowest BCUT2D eigenvalue weighted by molar-refractivity contribution is 0.316. The number of nitrogens with one attached hydrogen (secondary N) is 1. The van der Waals surface area contributed by atoms with Crippen LogP contribution in [0.2, 0.25) is 56.4 Å². The minimum atomic E-state index is -3.34. The summed E-state index contributed by atoms with van der Waals surface area (Å²) in [6, 6.07) is 49.1. The first-order chi connectivity index (χ1) is 35.1. The second-order valence-electron chi connectivity index (χ2n) is 22.4. The number of benzene rings is 6. The van der Waals surface area contributed by atoms with Gasteiger partial charge in [-0.3, -0.25) is 4.18 Å². The third kappa shape index (κ3) is 23.0. The lowest BCUT2D eigenvalue weighted by Gasteiger charge is -2.36. The lowest BCUT2D eigenvalue weighted by atomic mass is 9.91. The summed E-state index contributed by atoms with van der Waals surface area (Å²) in [5, 5.41) is 6.65. The SMILES string of the molecule is C.CC(C)(C)[Si](C)(C)Oc1ccc(CCCOS(C)(=O)=O)cc1.CN(CCCc1ccc(O[Si](C)(C)C(C)(C)C)cc1)CC(c1ccc(Cl)cc1)c1ccc(Cl)cc1.CNCC(c1ccc(Cl)cc1)c1ccc(Cl)cc1. The van der Waals surface area contributed by atoms with Gasteiger partial charge in [0.25, 0.3) is 10.1 Å². The fourth-order valence-electron chi connectivity index (χ4n) is 7.60. The van der Waals surface area contributed by atoms with Crippen LogP contribution in [0.3, 0.4) is 0 Å². The van der Waals surface area contributed by atoms with Crippen LogP contribution in [0.1, 0.15) is 107 Å². The number of likely N-dealkylation sites (N-methyl/N-ethyl adjacent to an activating group) is 2. The molecule has 0 amide bonds. The van der Waals surface area contributed by atoms with Gasteiger partial charge in [0.1, 0.15) is 11.5 Å². The van der Waals surface area contributed by atoms with Crippen LogP contribution in [0.15, 0.2) is 146 Å². The molecule has 0 atom stereocenters. The van der Waals surface area contributed by atoms with E-state index in [1.165, 1.54) is 27.8 Å². The Kier molecular flexibility index (Phi) is 26.9. The van der Waals surface area contributed by atoms with Crippen LogP contribution in [-0.2, 0) is 27.1 Å². The molecule has 0 heterocycles. The fraction of sp³-hybridized carbons (Fsp3) is 0.419. The molecule has 0 bridgehead atoms. The normalized spacial score (nSPS) is 12.1. The predicted octanol–water partition coefficient (Wildman–Crippen LogP) is 18.0. The highest BCUT2D eigenvalue weighted by Crippen LogP contribution is 2.39. The van der Waals surface area contributed by atoms with Crippen molar-refractivity contribution >= 4 is 73.2 Å². The van der Waals surface area contributed by atoms with Crippen molar-refractivity contribution in [1.82, 2.24) is 10.2 Å². The van der Waals surface area contributed by atoms with E-state index in [-0.39, 0.29) is 30.0 Å². The largest absolute Gasteiger partial charge is 0.544 e. The van der Waals surface area contributed by atoms with E-state index in [1.54, 1.807) is 0 Å². The van der Waals surface area contributed by atoms with Crippen molar-refractivity contribution in [3.8, 4) is 11.5 Å². The van der Waals surface area contributed by atoms with Gasteiger partial charge >= 0.3 is 0 Å².